The summed E-state index contributed by atoms with van der Waals surface area (Å²) in [6.45, 7) is -0.131. The number of aromatic nitrogens is 1. The first-order valence-corrected chi connectivity index (χ1v) is 8.40. The van der Waals surface area contributed by atoms with Crippen LogP contribution in [-0.4, -0.2) is 10.3 Å². The monoisotopic (exact) mass is 379 g/mol. The Balaban J connectivity index is 1.92. The maximum absolute atomic E-state index is 9.93. The topological polar surface area (TPSA) is 46.3 Å². The van der Waals surface area contributed by atoms with Crippen LogP contribution in [0.1, 0.15) is 5.56 Å². The molecule has 118 valence electrons. The molecule has 4 heteroatoms. The number of rotatable bonds is 3. The van der Waals surface area contributed by atoms with Gasteiger partial charge in [0.15, 0.2) is 5.76 Å². The maximum Gasteiger partial charge on any atom is 0.173 e. The number of aliphatic hydroxyl groups excluding tert-OH is 1. The standard InChI is InChI=1S/C20H14BrNO2/c21-15-10-8-14(9-11-15)20-18(12-23)19(22-24-20)17-7-3-5-13-4-1-2-6-16(13)17/h1-11,23H,12H2. The normalized spacial score (nSPS) is 11.1. The molecule has 3 nitrogen and oxygen atoms in total. The van der Waals surface area contributed by atoms with Crippen LogP contribution >= 0.6 is 15.9 Å². The molecule has 0 atom stereocenters. The van der Waals surface area contributed by atoms with Crippen molar-refractivity contribution in [2.75, 3.05) is 0 Å². The van der Waals surface area contributed by atoms with Crippen molar-refractivity contribution in [2.45, 2.75) is 6.61 Å². The highest BCUT2D eigenvalue weighted by Crippen LogP contribution is 2.35. The summed E-state index contributed by atoms with van der Waals surface area (Å²) in [5, 5.41) is 16.4. The summed E-state index contributed by atoms with van der Waals surface area (Å²) in [6.07, 6.45) is 0. The van der Waals surface area contributed by atoms with E-state index in [1.54, 1.807) is 0 Å². The molecular formula is C20H14BrNO2. The van der Waals surface area contributed by atoms with E-state index in [1.165, 1.54) is 0 Å². The molecule has 1 aromatic heterocycles. The second kappa shape index (κ2) is 6.23. The lowest BCUT2D eigenvalue weighted by Crippen LogP contribution is -1.90. The summed E-state index contributed by atoms with van der Waals surface area (Å²) >= 11 is 3.43. The summed E-state index contributed by atoms with van der Waals surface area (Å²) in [7, 11) is 0. The predicted molar refractivity (Wildman–Crippen MR) is 98.5 cm³/mol. The highest BCUT2D eigenvalue weighted by atomic mass is 79.9. The minimum atomic E-state index is -0.131. The number of aliphatic hydroxyl groups is 1. The molecule has 0 radical (unpaired) electrons. The average molecular weight is 380 g/mol. The van der Waals surface area contributed by atoms with E-state index in [2.05, 4.69) is 39.3 Å². The Morgan fingerprint density at radius 1 is 0.917 bits per heavy atom. The zero-order chi connectivity index (χ0) is 16.5. The third-order valence-electron chi connectivity index (χ3n) is 4.10. The number of hydrogen-bond donors (Lipinski definition) is 1. The zero-order valence-electron chi connectivity index (χ0n) is 12.7. The van der Waals surface area contributed by atoms with Gasteiger partial charge in [0, 0.05) is 15.6 Å². The van der Waals surface area contributed by atoms with E-state index in [1.807, 2.05) is 48.5 Å². The quantitative estimate of drug-likeness (QED) is 0.517. The van der Waals surface area contributed by atoms with Gasteiger partial charge >= 0.3 is 0 Å². The third-order valence-corrected chi connectivity index (χ3v) is 4.63. The van der Waals surface area contributed by atoms with Crippen molar-refractivity contribution in [1.82, 2.24) is 5.16 Å². The van der Waals surface area contributed by atoms with E-state index in [4.69, 9.17) is 4.52 Å². The van der Waals surface area contributed by atoms with E-state index in [-0.39, 0.29) is 6.61 Å². The van der Waals surface area contributed by atoms with Crippen LogP contribution < -0.4 is 0 Å². The molecule has 4 aromatic rings. The van der Waals surface area contributed by atoms with Gasteiger partial charge in [-0.1, -0.05) is 75.7 Å². The van der Waals surface area contributed by atoms with Crippen LogP contribution in [0.25, 0.3) is 33.4 Å². The number of hydrogen-bond acceptors (Lipinski definition) is 3. The fourth-order valence-corrected chi connectivity index (χ4v) is 3.19. The highest BCUT2D eigenvalue weighted by molar-refractivity contribution is 9.10. The van der Waals surface area contributed by atoms with Crippen LogP contribution in [0.15, 0.2) is 75.7 Å². The van der Waals surface area contributed by atoms with Crippen LogP contribution in [0, 0.1) is 0 Å². The number of fused-ring (bicyclic) bond motifs is 1. The van der Waals surface area contributed by atoms with E-state index < -0.39 is 0 Å². The molecule has 0 saturated carbocycles. The van der Waals surface area contributed by atoms with Gasteiger partial charge in [-0.2, -0.15) is 0 Å². The number of benzene rings is 3. The third kappa shape index (κ3) is 2.54. The van der Waals surface area contributed by atoms with Gasteiger partial charge in [-0.05, 0) is 22.9 Å². The van der Waals surface area contributed by atoms with Crippen molar-refractivity contribution in [3.63, 3.8) is 0 Å². The molecule has 0 aliphatic heterocycles. The molecule has 0 unspecified atom stereocenters. The summed E-state index contributed by atoms with van der Waals surface area (Å²) in [4.78, 5) is 0. The second-order valence-electron chi connectivity index (χ2n) is 5.53. The minimum absolute atomic E-state index is 0.131. The van der Waals surface area contributed by atoms with Crippen LogP contribution in [0.5, 0.6) is 0 Å². The molecule has 1 heterocycles. The Hall–Kier alpha value is -2.43. The Labute approximate surface area is 147 Å². The smallest absolute Gasteiger partial charge is 0.173 e. The molecule has 3 aromatic carbocycles. The van der Waals surface area contributed by atoms with Crippen molar-refractivity contribution in [3.05, 3.63) is 76.8 Å². The summed E-state index contributed by atoms with van der Waals surface area (Å²) in [6, 6.07) is 22.0. The van der Waals surface area contributed by atoms with Crippen LogP contribution in [0.2, 0.25) is 0 Å². The molecule has 0 fully saturated rings. The Kier molecular flexibility index (Phi) is 3.92. The lowest BCUT2D eigenvalue weighted by molar-refractivity contribution is 0.281. The lowest BCUT2D eigenvalue weighted by Gasteiger charge is -2.05. The fourth-order valence-electron chi connectivity index (χ4n) is 2.93. The van der Waals surface area contributed by atoms with Crippen LogP contribution in [0.4, 0.5) is 0 Å². The predicted octanol–water partition coefficient (Wildman–Crippen LogP) is 5.42. The van der Waals surface area contributed by atoms with E-state index in [0.717, 1.165) is 26.4 Å². The molecule has 0 amide bonds. The molecule has 0 bridgehead atoms. The molecule has 0 spiro atoms. The van der Waals surface area contributed by atoms with Crippen molar-refractivity contribution in [3.8, 4) is 22.6 Å². The van der Waals surface area contributed by atoms with Gasteiger partial charge in [0.1, 0.15) is 5.69 Å². The molecule has 4 rings (SSSR count). The minimum Gasteiger partial charge on any atom is -0.391 e. The Bertz CT molecular complexity index is 1000. The molecule has 1 N–H and O–H groups in total. The van der Waals surface area contributed by atoms with E-state index in [0.29, 0.717) is 17.0 Å². The summed E-state index contributed by atoms with van der Waals surface area (Å²) in [5.41, 5.74) is 3.24. The maximum atomic E-state index is 9.93. The SMILES string of the molecule is OCc1c(-c2cccc3ccccc23)noc1-c1ccc(Br)cc1. The van der Waals surface area contributed by atoms with Crippen LogP contribution in [-0.2, 0) is 6.61 Å². The van der Waals surface area contributed by atoms with E-state index in [9.17, 15) is 5.11 Å². The first-order valence-electron chi connectivity index (χ1n) is 7.61. The largest absolute Gasteiger partial charge is 0.391 e. The number of halogens is 1. The van der Waals surface area contributed by atoms with Crippen molar-refractivity contribution < 1.29 is 9.63 Å². The van der Waals surface area contributed by atoms with Gasteiger partial charge in [-0.15, -0.1) is 0 Å². The summed E-state index contributed by atoms with van der Waals surface area (Å²) < 4.78 is 6.58. The zero-order valence-corrected chi connectivity index (χ0v) is 14.3. The molecule has 0 aliphatic rings. The fraction of sp³-hybridized carbons (Fsp3) is 0.0500. The second-order valence-corrected chi connectivity index (χ2v) is 6.45. The summed E-state index contributed by atoms with van der Waals surface area (Å²) in [5.74, 6) is 0.605. The molecule has 24 heavy (non-hydrogen) atoms. The van der Waals surface area contributed by atoms with Gasteiger partial charge in [0.25, 0.3) is 0 Å². The highest BCUT2D eigenvalue weighted by Gasteiger charge is 2.19. The number of nitrogens with zero attached hydrogens (tertiary/aromatic N) is 1. The first kappa shape index (κ1) is 15.1. The molecular weight excluding hydrogens is 366 g/mol. The van der Waals surface area contributed by atoms with E-state index >= 15 is 0 Å². The van der Waals surface area contributed by atoms with Gasteiger partial charge < -0.3 is 9.63 Å². The average Bonchev–Trinajstić information content (AvgIpc) is 3.05. The van der Waals surface area contributed by atoms with Crippen LogP contribution in [0.3, 0.4) is 0 Å². The van der Waals surface area contributed by atoms with Gasteiger partial charge in [-0.25, -0.2) is 0 Å². The van der Waals surface area contributed by atoms with Gasteiger partial charge in [0.2, 0.25) is 0 Å². The van der Waals surface area contributed by atoms with Crippen molar-refractivity contribution in [2.24, 2.45) is 0 Å². The lowest BCUT2D eigenvalue weighted by atomic mass is 9.98. The first-order chi connectivity index (χ1) is 11.8. The van der Waals surface area contributed by atoms with Crippen molar-refractivity contribution >= 4 is 26.7 Å². The Morgan fingerprint density at radius 2 is 1.67 bits per heavy atom. The molecule has 0 aliphatic carbocycles. The van der Waals surface area contributed by atoms with Gasteiger partial charge in [0.05, 0.1) is 12.2 Å². The molecule has 0 saturated heterocycles. The van der Waals surface area contributed by atoms with Crippen molar-refractivity contribution in [1.29, 1.82) is 0 Å². The Morgan fingerprint density at radius 3 is 2.46 bits per heavy atom. The van der Waals surface area contributed by atoms with Gasteiger partial charge in [-0.3, -0.25) is 0 Å².